The average molecular weight is 285 g/mol. The van der Waals surface area contributed by atoms with Crippen molar-refractivity contribution in [2.45, 2.75) is 58.6 Å². The van der Waals surface area contributed by atoms with Crippen molar-refractivity contribution in [2.24, 2.45) is 5.92 Å². The monoisotopic (exact) mass is 285 g/mol. The van der Waals surface area contributed by atoms with E-state index >= 15 is 0 Å². The Morgan fingerprint density at radius 3 is 2.60 bits per heavy atom. The third-order valence-electron chi connectivity index (χ3n) is 4.47. The molecule has 1 saturated heterocycles. The van der Waals surface area contributed by atoms with Gasteiger partial charge in [-0.05, 0) is 31.8 Å². The zero-order valence-electron chi connectivity index (χ0n) is 13.2. The minimum Gasteiger partial charge on any atom is -0.391 e. The van der Waals surface area contributed by atoms with Crippen LogP contribution in [-0.4, -0.2) is 54.4 Å². The molecule has 0 bridgehead atoms. The van der Waals surface area contributed by atoms with Gasteiger partial charge in [-0.15, -0.1) is 0 Å². The van der Waals surface area contributed by atoms with E-state index in [9.17, 15) is 9.90 Å². The van der Waals surface area contributed by atoms with Gasteiger partial charge in [-0.3, -0.25) is 4.90 Å². The molecule has 2 atom stereocenters. The lowest BCUT2D eigenvalue weighted by molar-refractivity contribution is 0.103. The van der Waals surface area contributed by atoms with Crippen LogP contribution in [0.4, 0.5) is 4.79 Å². The Balaban J connectivity index is 2.20. The smallest absolute Gasteiger partial charge is 0.314 e. The highest BCUT2D eigenvalue weighted by atomic mass is 16.3. The zero-order valence-corrected chi connectivity index (χ0v) is 13.2. The lowest BCUT2D eigenvalue weighted by Crippen LogP contribution is -2.46. The molecule has 0 radical (unpaired) electrons. The number of hydrogen-bond donors (Lipinski definition) is 3. The van der Waals surface area contributed by atoms with Gasteiger partial charge in [0, 0.05) is 19.1 Å². The van der Waals surface area contributed by atoms with Gasteiger partial charge < -0.3 is 15.7 Å². The van der Waals surface area contributed by atoms with Crippen LogP contribution >= 0.6 is 0 Å². The number of likely N-dealkylation sites (N-methyl/N-ethyl adjacent to an activating group) is 1. The zero-order chi connectivity index (χ0) is 15.0. The quantitative estimate of drug-likeness (QED) is 0.634. The van der Waals surface area contributed by atoms with Crippen LogP contribution in [0.15, 0.2) is 0 Å². The van der Waals surface area contributed by atoms with Gasteiger partial charge >= 0.3 is 6.03 Å². The molecule has 1 heterocycles. The van der Waals surface area contributed by atoms with Crippen LogP contribution in [0.5, 0.6) is 0 Å². The van der Waals surface area contributed by atoms with Gasteiger partial charge in [0.15, 0.2) is 0 Å². The molecule has 2 amide bonds. The first kappa shape index (κ1) is 17.2. The lowest BCUT2D eigenvalue weighted by Gasteiger charge is -2.24. The molecule has 0 aliphatic carbocycles. The van der Waals surface area contributed by atoms with Gasteiger partial charge in [0.2, 0.25) is 0 Å². The number of nitrogens with one attached hydrogen (secondary N) is 2. The molecule has 1 rings (SSSR count). The number of amides is 2. The molecule has 3 N–H and O–H groups in total. The van der Waals surface area contributed by atoms with Crippen molar-refractivity contribution in [2.75, 3.05) is 26.2 Å². The van der Waals surface area contributed by atoms with Crippen LogP contribution in [0, 0.1) is 5.92 Å². The number of aliphatic hydroxyl groups excluding tert-OH is 1. The third-order valence-corrected chi connectivity index (χ3v) is 4.47. The maximum atomic E-state index is 11.7. The van der Waals surface area contributed by atoms with Gasteiger partial charge in [-0.25, -0.2) is 4.79 Å². The molecule has 0 aromatic carbocycles. The van der Waals surface area contributed by atoms with Gasteiger partial charge in [0.05, 0.1) is 6.10 Å². The fourth-order valence-electron chi connectivity index (χ4n) is 3.01. The summed E-state index contributed by atoms with van der Waals surface area (Å²) in [6.07, 6.45) is 3.80. The lowest BCUT2D eigenvalue weighted by atomic mass is 9.97. The molecule has 0 spiro atoms. The van der Waals surface area contributed by atoms with Gasteiger partial charge in [0.25, 0.3) is 0 Å². The van der Waals surface area contributed by atoms with Crippen molar-refractivity contribution in [3.05, 3.63) is 0 Å². The second kappa shape index (κ2) is 9.19. The minimum absolute atomic E-state index is 0.169. The first-order valence-electron chi connectivity index (χ1n) is 8.06. The summed E-state index contributed by atoms with van der Waals surface area (Å²) in [6, 6.07) is 0.299. The highest BCUT2D eigenvalue weighted by molar-refractivity contribution is 5.73. The van der Waals surface area contributed by atoms with Crippen molar-refractivity contribution in [1.29, 1.82) is 0 Å². The molecule has 0 saturated carbocycles. The van der Waals surface area contributed by atoms with E-state index < -0.39 is 6.10 Å². The topological polar surface area (TPSA) is 64.6 Å². The number of urea groups is 1. The summed E-state index contributed by atoms with van der Waals surface area (Å²) >= 11 is 0. The Hall–Kier alpha value is -0.810. The number of likely N-dealkylation sites (tertiary alicyclic amines) is 1. The minimum atomic E-state index is -0.450. The average Bonchev–Trinajstić information content (AvgIpc) is 2.91. The molecule has 1 aliphatic heterocycles. The second-order valence-corrected chi connectivity index (χ2v) is 5.66. The summed E-state index contributed by atoms with van der Waals surface area (Å²) < 4.78 is 0. The largest absolute Gasteiger partial charge is 0.391 e. The van der Waals surface area contributed by atoms with Gasteiger partial charge in [-0.2, -0.15) is 0 Å². The maximum absolute atomic E-state index is 11.7. The van der Waals surface area contributed by atoms with Crippen molar-refractivity contribution in [1.82, 2.24) is 15.5 Å². The number of nitrogens with zero attached hydrogens (tertiary/aromatic N) is 1. The van der Waals surface area contributed by atoms with Crippen molar-refractivity contribution in [3.8, 4) is 0 Å². The van der Waals surface area contributed by atoms with E-state index in [0.29, 0.717) is 19.1 Å². The highest BCUT2D eigenvalue weighted by Gasteiger charge is 2.23. The number of carbonyl (C=O) groups excluding carboxylic acids is 1. The number of aliphatic hydroxyl groups is 1. The molecule has 0 aromatic heterocycles. The van der Waals surface area contributed by atoms with Crippen LogP contribution in [0.2, 0.25) is 0 Å². The molecule has 118 valence electrons. The predicted molar refractivity (Wildman–Crippen MR) is 81.7 cm³/mol. The van der Waals surface area contributed by atoms with E-state index in [1.54, 1.807) is 0 Å². The van der Waals surface area contributed by atoms with E-state index in [1.807, 2.05) is 0 Å². The molecular weight excluding hydrogens is 254 g/mol. The molecule has 5 heteroatoms. The SMILES string of the molecule is CCC(CC)C(O)CNC(=O)NCC1CCCN1CC. The Morgan fingerprint density at radius 2 is 2.00 bits per heavy atom. The van der Waals surface area contributed by atoms with E-state index in [1.165, 1.54) is 6.42 Å². The fourth-order valence-corrected chi connectivity index (χ4v) is 3.01. The first-order chi connectivity index (χ1) is 9.62. The van der Waals surface area contributed by atoms with E-state index in [2.05, 4.69) is 36.3 Å². The molecule has 1 aliphatic rings. The molecule has 1 fully saturated rings. The number of carbonyl (C=O) groups is 1. The molecule has 5 nitrogen and oxygen atoms in total. The Morgan fingerprint density at radius 1 is 1.30 bits per heavy atom. The van der Waals surface area contributed by atoms with Crippen LogP contribution in [0.3, 0.4) is 0 Å². The first-order valence-corrected chi connectivity index (χ1v) is 8.06. The second-order valence-electron chi connectivity index (χ2n) is 5.66. The van der Waals surface area contributed by atoms with Gasteiger partial charge in [-0.1, -0.05) is 33.6 Å². The summed E-state index contributed by atoms with van der Waals surface area (Å²) in [7, 11) is 0. The summed E-state index contributed by atoms with van der Waals surface area (Å²) in [5.74, 6) is 0.265. The molecule has 2 unspecified atom stereocenters. The molecular formula is C15H31N3O2. The molecule has 20 heavy (non-hydrogen) atoms. The summed E-state index contributed by atoms with van der Waals surface area (Å²) in [6.45, 7) is 9.50. The van der Waals surface area contributed by atoms with Crippen molar-refractivity contribution in [3.63, 3.8) is 0 Å². The van der Waals surface area contributed by atoms with E-state index in [-0.39, 0.29) is 11.9 Å². The van der Waals surface area contributed by atoms with E-state index in [0.717, 1.165) is 32.4 Å². The Labute approximate surface area is 123 Å². The van der Waals surface area contributed by atoms with Crippen molar-refractivity contribution >= 4 is 6.03 Å². The standard InChI is InChI=1S/C15H31N3O2/c1-4-12(5-2)14(19)11-17-15(20)16-10-13-8-7-9-18(13)6-3/h12-14,19H,4-11H2,1-3H3,(H2,16,17,20). The molecule has 0 aromatic rings. The fraction of sp³-hybridized carbons (Fsp3) is 0.933. The third kappa shape index (κ3) is 5.29. The normalized spacial score (nSPS) is 21.1. The maximum Gasteiger partial charge on any atom is 0.314 e. The Kier molecular flexibility index (Phi) is 7.92. The van der Waals surface area contributed by atoms with Crippen LogP contribution in [0.1, 0.15) is 46.5 Å². The summed E-state index contributed by atoms with van der Waals surface area (Å²) in [4.78, 5) is 14.1. The summed E-state index contributed by atoms with van der Waals surface area (Å²) in [5, 5.41) is 15.7. The summed E-state index contributed by atoms with van der Waals surface area (Å²) in [5.41, 5.74) is 0. The number of rotatable bonds is 8. The Bertz CT molecular complexity index is 282. The number of hydrogen-bond acceptors (Lipinski definition) is 3. The van der Waals surface area contributed by atoms with Gasteiger partial charge in [0.1, 0.15) is 0 Å². The van der Waals surface area contributed by atoms with Crippen LogP contribution in [0.25, 0.3) is 0 Å². The highest BCUT2D eigenvalue weighted by Crippen LogP contribution is 2.15. The van der Waals surface area contributed by atoms with E-state index in [4.69, 9.17) is 0 Å². The van der Waals surface area contributed by atoms with Crippen LogP contribution < -0.4 is 10.6 Å². The van der Waals surface area contributed by atoms with Crippen LogP contribution in [-0.2, 0) is 0 Å². The predicted octanol–water partition coefficient (Wildman–Crippen LogP) is 1.57. The van der Waals surface area contributed by atoms with Crippen molar-refractivity contribution < 1.29 is 9.90 Å².